The van der Waals surface area contributed by atoms with E-state index in [0.717, 1.165) is 17.1 Å². The molecule has 8 heteroatoms. The smallest absolute Gasteiger partial charge is 0.332 e. The number of rotatable bonds is 6. The van der Waals surface area contributed by atoms with E-state index in [0.29, 0.717) is 0 Å². The number of esters is 1. The van der Waals surface area contributed by atoms with Crippen molar-refractivity contribution in [3.63, 3.8) is 0 Å². The molecule has 0 bridgehead atoms. The molecule has 132 valence electrons. The Morgan fingerprint density at radius 3 is 2.32 bits per heavy atom. The first-order valence-corrected chi connectivity index (χ1v) is 7.70. The van der Waals surface area contributed by atoms with Gasteiger partial charge in [-0.25, -0.2) is 4.79 Å². The number of hydrogen-bond donors (Lipinski definition) is 1. The number of ketones is 1. The highest BCUT2D eigenvalue weighted by atomic mass is 16.5. The summed E-state index contributed by atoms with van der Waals surface area (Å²) < 4.78 is 6.75. The van der Waals surface area contributed by atoms with E-state index < -0.39 is 29.6 Å². The quantitative estimate of drug-likeness (QED) is 0.599. The zero-order chi connectivity index (χ0) is 18.6. The van der Waals surface area contributed by atoms with Crippen LogP contribution in [0.25, 0.3) is 0 Å². The first-order valence-electron chi connectivity index (χ1n) is 7.70. The van der Waals surface area contributed by atoms with Gasteiger partial charge in [-0.15, -0.1) is 0 Å². The molecule has 1 aromatic carbocycles. The van der Waals surface area contributed by atoms with Gasteiger partial charge < -0.3 is 10.5 Å². The van der Waals surface area contributed by atoms with Crippen LogP contribution in [0.1, 0.15) is 29.8 Å². The van der Waals surface area contributed by atoms with Gasteiger partial charge >= 0.3 is 11.7 Å². The van der Waals surface area contributed by atoms with Crippen LogP contribution in [0.15, 0.2) is 39.9 Å². The topological polar surface area (TPSA) is 113 Å². The zero-order valence-corrected chi connectivity index (χ0v) is 14.0. The molecule has 0 aliphatic rings. The SMILES string of the molecule is CCn1c(=O)c(C(=O)COC(C)=O)c(N)n(Cc2ccccc2)c1=O. The maximum absolute atomic E-state index is 12.5. The average molecular weight is 345 g/mol. The summed E-state index contributed by atoms with van der Waals surface area (Å²) in [4.78, 5) is 48.2. The van der Waals surface area contributed by atoms with Crippen molar-refractivity contribution >= 4 is 17.6 Å². The molecule has 0 aliphatic heterocycles. The summed E-state index contributed by atoms with van der Waals surface area (Å²) in [7, 11) is 0. The van der Waals surface area contributed by atoms with E-state index in [1.54, 1.807) is 31.2 Å². The van der Waals surface area contributed by atoms with Crippen LogP contribution in [0, 0.1) is 0 Å². The van der Waals surface area contributed by atoms with E-state index in [9.17, 15) is 19.2 Å². The van der Waals surface area contributed by atoms with Gasteiger partial charge in [0.1, 0.15) is 11.4 Å². The number of anilines is 1. The van der Waals surface area contributed by atoms with Crippen molar-refractivity contribution in [1.82, 2.24) is 9.13 Å². The minimum Gasteiger partial charge on any atom is -0.457 e. The van der Waals surface area contributed by atoms with Crippen LogP contribution < -0.4 is 17.0 Å². The number of nitrogen functional groups attached to an aromatic ring is 1. The van der Waals surface area contributed by atoms with E-state index in [1.165, 1.54) is 4.57 Å². The molecule has 0 amide bonds. The van der Waals surface area contributed by atoms with E-state index >= 15 is 0 Å². The van der Waals surface area contributed by atoms with Crippen molar-refractivity contribution < 1.29 is 14.3 Å². The molecule has 25 heavy (non-hydrogen) atoms. The molecule has 2 N–H and O–H groups in total. The molecule has 0 saturated heterocycles. The fraction of sp³-hybridized carbons (Fsp3) is 0.294. The lowest BCUT2D eigenvalue weighted by Gasteiger charge is -2.15. The number of carbonyl (C=O) groups excluding carboxylic acids is 2. The van der Waals surface area contributed by atoms with Gasteiger partial charge in [-0.3, -0.25) is 23.5 Å². The highest BCUT2D eigenvalue weighted by Gasteiger charge is 2.23. The van der Waals surface area contributed by atoms with Crippen molar-refractivity contribution in [1.29, 1.82) is 0 Å². The van der Waals surface area contributed by atoms with Crippen LogP contribution in [0.3, 0.4) is 0 Å². The van der Waals surface area contributed by atoms with Crippen molar-refractivity contribution in [2.24, 2.45) is 0 Å². The normalized spacial score (nSPS) is 10.5. The number of Topliss-reactive ketones (excluding diaryl/α,β-unsaturated/α-hetero) is 1. The third kappa shape index (κ3) is 3.85. The van der Waals surface area contributed by atoms with Crippen LogP contribution in [-0.4, -0.2) is 27.5 Å². The largest absolute Gasteiger partial charge is 0.457 e. The lowest BCUT2D eigenvalue weighted by molar-refractivity contribution is -0.139. The summed E-state index contributed by atoms with van der Waals surface area (Å²) >= 11 is 0. The molecule has 0 aliphatic carbocycles. The Kier molecular flexibility index (Phi) is 5.53. The average Bonchev–Trinajstić information content (AvgIpc) is 2.58. The van der Waals surface area contributed by atoms with Gasteiger partial charge in [0.15, 0.2) is 6.61 Å². The van der Waals surface area contributed by atoms with Gasteiger partial charge in [-0.2, -0.15) is 0 Å². The van der Waals surface area contributed by atoms with Crippen LogP contribution >= 0.6 is 0 Å². The van der Waals surface area contributed by atoms with Crippen LogP contribution in [0.5, 0.6) is 0 Å². The summed E-state index contributed by atoms with van der Waals surface area (Å²) in [6.45, 7) is 2.35. The van der Waals surface area contributed by atoms with E-state index in [2.05, 4.69) is 4.74 Å². The van der Waals surface area contributed by atoms with Crippen LogP contribution in [0.4, 0.5) is 5.82 Å². The third-order valence-corrected chi connectivity index (χ3v) is 3.65. The van der Waals surface area contributed by atoms with Crippen molar-refractivity contribution in [2.45, 2.75) is 26.9 Å². The molecule has 0 atom stereocenters. The van der Waals surface area contributed by atoms with E-state index in [1.807, 2.05) is 6.07 Å². The monoisotopic (exact) mass is 345 g/mol. The molecule has 0 radical (unpaired) electrons. The van der Waals surface area contributed by atoms with Crippen molar-refractivity contribution in [3.8, 4) is 0 Å². The number of nitrogens with two attached hydrogens (primary N) is 1. The van der Waals surface area contributed by atoms with E-state index in [4.69, 9.17) is 5.73 Å². The minimum absolute atomic E-state index is 0.0839. The lowest BCUT2D eigenvalue weighted by atomic mass is 10.2. The Balaban J connectivity index is 2.58. The summed E-state index contributed by atoms with van der Waals surface area (Å²) in [5.74, 6) is -1.64. The number of carbonyl (C=O) groups is 2. The van der Waals surface area contributed by atoms with E-state index in [-0.39, 0.29) is 24.5 Å². The van der Waals surface area contributed by atoms with Gasteiger partial charge in [-0.1, -0.05) is 30.3 Å². The van der Waals surface area contributed by atoms with Gasteiger partial charge in [0.25, 0.3) is 5.56 Å². The molecule has 0 spiro atoms. The maximum atomic E-state index is 12.5. The van der Waals surface area contributed by atoms with Gasteiger partial charge in [0.05, 0.1) is 6.54 Å². The molecule has 0 saturated carbocycles. The van der Waals surface area contributed by atoms with Crippen molar-refractivity contribution in [3.05, 3.63) is 62.3 Å². The predicted molar refractivity (Wildman–Crippen MR) is 91.6 cm³/mol. The number of hydrogen-bond acceptors (Lipinski definition) is 6. The second-order valence-electron chi connectivity index (χ2n) is 5.37. The Morgan fingerprint density at radius 2 is 1.76 bits per heavy atom. The highest BCUT2D eigenvalue weighted by molar-refractivity contribution is 6.01. The molecule has 1 aromatic heterocycles. The molecule has 8 nitrogen and oxygen atoms in total. The zero-order valence-electron chi connectivity index (χ0n) is 14.0. The summed E-state index contributed by atoms with van der Waals surface area (Å²) in [5.41, 5.74) is 5.01. The Bertz CT molecular complexity index is 912. The van der Waals surface area contributed by atoms with Crippen LogP contribution in [-0.2, 0) is 22.6 Å². The number of benzene rings is 1. The van der Waals surface area contributed by atoms with Gasteiger partial charge in [0, 0.05) is 13.5 Å². The first kappa shape index (κ1) is 18.2. The molecule has 1 heterocycles. The molecular formula is C17H19N3O5. The molecule has 0 unspecified atom stereocenters. The van der Waals surface area contributed by atoms with Gasteiger partial charge in [0.2, 0.25) is 5.78 Å². The Hall–Kier alpha value is -3.16. The Labute approximate surface area is 143 Å². The van der Waals surface area contributed by atoms with Gasteiger partial charge in [-0.05, 0) is 12.5 Å². The molecule has 2 rings (SSSR count). The Morgan fingerprint density at radius 1 is 1.12 bits per heavy atom. The lowest BCUT2D eigenvalue weighted by Crippen LogP contribution is -2.44. The maximum Gasteiger partial charge on any atom is 0.332 e. The molecular weight excluding hydrogens is 326 g/mol. The second kappa shape index (κ2) is 7.61. The fourth-order valence-electron chi connectivity index (χ4n) is 2.41. The fourth-order valence-corrected chi connectivity index (χ4v) is 2.41. The summed E-state index contributed by atoms with van der Waals surface area (Å²) in [6.07, 6.45) is 0. The standard InChI is InChI=1S/C17H19N3O5/c1-3-19-16(23)14(13(22)10-25-11(2)21)15(18)20(17(19)24)9-12-7-5-4-6-8-12/h4-8H,3,9-10,18H2,1-2H3. The minimum atomic E-state index is -0.786. The summed E-state index contributed by atoms with van der Waals surface area (Å²) in [6, 6.07) is 9.04. The summed E-state index contributed by atoms with van der Waals surface area (Å²) in [5, 5.41) is 0. The predicted octanol–water partition coefficient (Wildman–Crippen LogP) is 0.406. The molecule has 2 aromatic rings. The highest BCUT2D eigenvalue weighted by Crippen LogP contribution is 2.10. The number of aromatic nitrogens is 2. The number of ether oxygens (including phenoxy) is 1. The molecule has 0 fully saturated rings. The first-order chi connectivity index (χ1) is 11.9. The van der Waals surface area contributed by atoms with Crippen LogP contribution in [0.2, 0.25) is 0 Å². The third-order valence-electron chi connectivity index (χ3n) is 3.65. The van der Waals surface area contributed by atoms with Crippen molar-refractivity contribution in [2.75, 3.05) is 12.3 Å². The number of nitrogens with zero attached hydrogens (tertiary/aromatic N) is 2. The second-order valence-corrected chi connectivity index (χ2v) is 5.37.